The van der Waals surface area contributed by atoms with E-state index in [1.807, 2.05) is 29.2 Å². The van der Waals surface area contributed by atoms with Crippen LogP contribution in [0.3, 0.4) is 0 Å². The molecule has 2 unspecified atom stereocenters. The van der Waals surface area contributed by atoms with Crippen molar-refractivity contribution in [2.45, 2.75) is 25.5 Å². The fraction of sp³-hybridized carbons (Fsp3) is 0.421. The number of piperidine rings is 1. The quantitative estimate of drug-likeness (QED) is 0.542. The first-order chi connectivity index (χ1) is 13.0. The number of thiophene rings is 1. The monoisotopic (exact) mass is 421 g/mol. The number of aromatic nitrogens is 2. The van der Waals surface area contributed by atoms with E-state index in [2.05, 4.69) is 24.0 Å². The molecule has 3 heterocycles. The third-order valence-corrected chi connectivity index (χ3v) is 7.14. The first-order valence-corrected chi connectivity index (χ1v) is 11.1. The number of hydrogen-bond donors (Lipinski definition) is 0. The van der Waals surface area contributed by atoms with Gasteiger partial charge in [0.2, 0.25) is 5.91 Å². The summed E-state index contributed by atoms with van der Waals surface area (Å²) in [5.41, 5.74) is 0. The molecular weight excluding hydrogens is 402 g/mol. The Morgan fingerprint density at radius 3 is 2.78 bits per heavy atom. The summed E-state index contributed by atoms with van der Waals surface area (Å²) in [7, 11) is 0. The predicted octanol–water partition coefficient (Wildman–Crippen LogP) is 5.20. The number of nitrogens with zero attached hydrogens (tertiary/aromatic N) is 3. The molecule has 3 aromatic rings. The van der Waals surface area contributed by atoms with Gasteiger partial charge in [-0.25, -0.2) is 0 Å². The van der Waals surface area contributed by atoms with E-state index in [1.54, 1.807) is 0 Å². The van der Waals surface area contributed by atoms with E-state index in [0.29, 0.717) is 33.7 Å². The fourth-order valence-electron chi connectivity index (χ4n) is 3.59. The molecule has 1 aliphatic rings. The van der Waals surface area contributed by atoms with E-state index in [1.165, 1.54) is 29.5 Å². The van der Waals surface area contributed by atoms with Gasteiger partial charge >= 0.3 is 0 Å². The number of thioether (sulfide) groups is 1. The molecule has 0 N–H and O–H groups in total. The lowest BCUT2D eigenvalue weighted by Crippen LogP contribution is -2.43. The van der Waals surface area contributed by atoms with Gasteiger partial charge in [-0.05, 0) is 24.3 Å². The van der Waals surface area contributed by atoms with Gasteiger partial charge in [0.05, 0.1) is 10.8 Å². The van der Waals surface area contributed by atoms with Crippen molar-refractivity contribution in [3.05, 3.63) is 29.3 Å². The molecule has 2 atom stereocenters. The summed E-state index contributed by atoms with van der Waals surface area (Å²) in [6, 6.07) is 7.92. The Morgan fingerprint density at radius 2 is 2.04 bits per heavy atom. The number of rotatable bonds is 4. The van der Waals surface area contributed by atoms with Gasteiger partial charge in [-0.15, -0.1) is 21.5 Å². The second kappa shape index (κ2) is 7.81. The van der Waals surface area contributed by atoms with Gasteiger partial charge in [0.1, 0.15) is 4.88 Å². The van der Waals surface area contributed by atoms with Gasteiger partial charge in [0.15, 0.2) is 0 Å². The van der Waals surface area contributed by atoms with Crippen LogP contribution in [0.1, 0.15) is 20.3 Å². The largest absolute Gasteiger partial charge is 0.410 e. The van der Waals surface area contributed by atoms with Crippen LogP contribution in [0.4, 0.5) is 0 Å². The zero-order valence-corrected chi connectivity index (χ0v) is 17.5. The average molecular weight is 422 g/mol. The molecule has 1 amide bonds. The Balaban J connectivity index is 1.43. The normalized spacial score (nSPS) is 20.3. The highest BCUT2D eigenvalue weighted by molar-refractivity contribution is 7.99. The van der Waals surface area contributed by atoms with Gasteiger partial charge in [0, 0.05) is 23.2 Å². The summed E-state index contributed by atoms with van der Waals surface area (Å²) in [6.45, 7) is 6.05. The Kier molecular flexibility index (Phi) is 5.43. The van der Waals surface area contributed by atoms with Crippen LogP contribution < -0.4 is 0 Å². The van der Waals surface area contributed by atoms with E-state index in [9.17, 15) is 4.79 Å². The third-order valence-electron chi connectivity index (χ3n) is 4.68. The Labute approximate surface area is 171 Å². The van der Waals surface area contributed by atoms with Gasteiger partial charge in [-0.1, -0.05) is 55.4 Å². The number of carbonyl (C=O) groups excluding carboxylic acids is 1. The molecule has 0 radical (unpaired) electrons. The molecule has 2 aromatic heterocycles. The molecule has 4 rings (SSSR count). The van der Waals surface area contributed by atoms with Crippen molar-refractivity contribution in [2.24, 2.45) is 11.8 Å². The van der Waals surface area contributed by atoms with Crippen LogP contribution in [-0.2, 0) is 4.79 Å². The molecule has 0 bridgehead atoms. The van der Waals surface area contributed by atoms with Crippen molar-refractivity contribution in [1.29, 1.82) is 0 Å². The molecule has 1 aromatic carbocycles. The van der Waals surface area contributed by atoms with E-state index in [0.717, 1.165) is 28.1 Å². The predicted molar refractivity (Wildman–Crippen MR) is 110 cm³/mol. The minimum Gasteiger partial charge on any atom is -0.410 e. The van der Waals surface area contributed by atoms with Crippen LogP contribution in [0.5, 0.6) is 0 Å². The number of hydrogen-bond acceptors (Lipinski definition) is 6. The van der Waals surface area contributed by atoms with Gasteiger partial charge < -0.3 is 9.32 Å². The molecule has 5 nitrogen and oxygen atoms in total. The first-order valence-electron chi connectivity index (χ1n) is 8.92. The van der Waals surface area contributed by atoms with Crippen LogP contribution in [0.15, 0.2) is 33.9 Å². The summed E-state index contributed by atoms with van der Waals surface area (Å²) in [6.07, 6.45) is 1.18. The van der Waals surface area contributed by atoms with Crippen LogP contribution in [0.2, 0.25) is 5.02 Å². The highest BCUT2D eigenvalue weighted by Crippen LogP contribution is 2.41. The van der Waals surface area contributed by atoms with E-state index in [4.69, 9.17) is 16.0 Å². The number of amides is 1. The van der Waals surface area contributed by atoms with E-state index < -0.39 is 0 Å². The maximum Gasteiger partial charge on any atom is 0.277 e. The summed E-state index contributed by atoms with van der Waals surface area (Å²) in [5, 5.41) is 10.2. The molecule has 8 heteroatoms. The van der Waals surface area contributed by atoms with Gasteiger partial charge in [-0.2, -0.15) is 0 Å². The minimum atomic E-state index is 0.123. The average Bonchev–Trinajstić information content (AvgIpc) is 3.24. The zero-order chi connectivity index (χ0) is 19.0. The molecule has 1 fully saturated rings. The minimum absolute atomic E-state index is 0.123. The van der Waals surface area contributed by atoms with Crippen LogP contribution in [-0.4, -0.2) is 39.8 Å². The lowest BCUT2D eigenvalue weighted by molar-refractivity contribution is -0.130. The SMILES string of the molecule is CC1CC(C)CN(C(=O)CSc2nnc(-c3sc4ccccc4c3Cl)o2)C1. The molecule has 0 aliphatic carbocycles. The van der Waals surface area contributed by atoms with Crippen LogP contribution in [0, 0.1) is 11.8 Å². The van der Waals surface area contributed by atoms with Crippen molar-refractivity contribution in [3.63, 3.8) is 0 Å². The third kappa shape index (κ3) is 4.00. The maximum absolute atomic E-state index is 12.5. The van der Waals surface area contributed by atoms with Crippen molar-refractivity contribution >= 4 is 50.7 Å². The highest BCUT2D eigenvalue weighted by Gasteiger charge is 2.26. The number of carbonyl (C=O) groups is 1. The number of benzene rings is 1. The second-order valence-corrected chi connectivity index (χ2v) is 9.50. The summed E-state index contributed by atoms with van der Waals surface area (Å²) < 4.78 is 6.83. The highest BCUT2D eigenvalue weighted by atomic mass is 35.5. The van der Waals surface area contributed by atoms with Gasteiger partial charge in [-0.3, -0.25) is 4.79 Å². The number of likely N-dealkylation sites (tertiary alicyclic amines) is 1. The van der Waals surface area contributed by atoms with Crippen molar-refractivity contribution in [3.8, 4) is 10.8 Å². The standard InChI is InChI=1S/C19H20ClN3O2S2/c1-11-7-12(2)9-23(8-11)15(24)10-26-19-22-21-18(25-19)17-16(20)13-5-3-4-6-14(13)27-17/h3-6,11-12H,7-10H2,1-2H3. The Morgan fingerprint density at radius 1 is 1.30 bits per heavy atom. The Bertz CT molecular complexity index is 961. The first kappa shape index (κ1) is 18.8. The van der Waals surface area contributed by atoms with E-state index >= 15 is 0 Å². The molecule has 0 saturated carbocycles. The zero-order valence-electron chi connectivity index (χ0n) is 15.1. The maximum atomic E-state index is 12.5. The lowest BCUT2D eigenvalue weighted by atomic mass is 9.92. The topological polar surface area (TPSA) is 59.2 Å². The van der Waals surface area contributed by atoms with E-state index in [-0.39, 0.29) is 5.91 Å². The van der Waals surface area contributed by atoms with Gasteiger partial charge in [0.25, 0.3) is 11.1 Å². The summed E-state index contributed by atoms with van der Waals surface area (Å²) in [5.74, 6) is 1.93. The molecule has 1 aliphatic heterocycles. The fourth-order valence-corrected chi connectivity index (χ4v) is 5.69. The van der Waals surface area contributed by atoms with Crippen molar-refractivity contribution in [2.75, 3.05) is 18.8 Å². The number of fused-ring (bicyclic) bond motifs is 1. The summed E-state index contributed by atoms with van der Waals surface area (Å²) in [4.78, 5) is 15.2. The number of halogens is 1. The smallest absolute Gasteiger partial charge is 0.277 e. The second-order valence-electron chi connectivity index (χ2n) is 7.15. The lowest BCUT2D eigenvalue weighted by Gasteiger charge is -2.34. The molecule has 27 heavy (non-hydrogen) atoms. The molecular formula is C19H20ClN3O2S2. The Hall–Kier alpha value is -1.57. The molecule has 1 saturated heterocycles. The van der Waals surface area contributed by atoms with Crippen molar-refractivity contribution in [1.82, 2.24) is 15.1 Å². The summed E-state index contributed by atoms with van der Waals surface area (Å²) >= 11 is 9.28. The van der Waals surface area contributed by atoms with Crippen LogP contribution in [0.25, 0.3) is 20.9 Å². The molecule has 142 valence electrons. The molecule has 0 spiro atoms. The van der Waals surface area contributed by atoms with Crippen LogP contribution >= 0.6 is 34.7 Å². The van der Waals surface area contributed by atoms with Crippen molar-refractivity contribution < 1.29 is 9.21 Å².